The summed E-state index contributed by atoms with van der Waals surface area (Å²) in [6.45, 7) is 2.72. The molecule has 0 saturated carbocycles. The molecule has 1 aliphatic heterocycles. The van der Waals surface area contributed by atoms with E-state index in [4.69, 9.17) is 10.00 Å². The third-order valence-corrected chi connectivity index (χ3v) is 7.09. The van der Waals surface area contributed by atoms with Crippen LogP contribution >= 0.6 is 15.9 Å². The highest BCUT2D eigenvalue weighted by molar-refractivity contribution is 9.10. The Balaban J connectivity index is 1.58. The maximum atomic E-state index is 12.8. The van der Waals surface area contributed by atoms with E-state index < -0.39 is 16.1 Å². The van der Waals surface area contributed by atoms with Crippen LogP contribution < -0.4 is 4.74 Å². The third-order valence-electron chi connectivity index (χ3n) is 4.65. The van der Waals surface area contributed by atoms with Gasteiger partial charge in [-0.05, 0) is 55.5 Å². The van der Waals surface area contributed by atoms with Gasteiger partial charge in [0.1, 0.15) is 5.75 Å². The van der Waals surface area contributed by atoms with Gasteiger partial charge >= 0.3 is 0 Å². The molecular formula is C20H20BrN3O4S. The van der Waals surface area contributed by atoms with E-state index in [1.807, 2.05) is 6.07 Å². The maximum Gasteiger partial charge on any atom is 0.263 e. The fraction of sp³-hybridized carbons (Fsp3) is 0.300. The van der Waals surface area contributed by atoms with Gasteiger partial charge in [-0.25, -0.2) is 8.42 Å². The number of hydrogen-bond donors (Lipinski definition) is 0. The van der Waals surface area contributed by atoms with Crippen molar-refractivity contribution in [1.82, 2.24) is 9.21 Å². The number of benzene rings is 2. The van der Waals surface area contributed by atoms with Crippen LogP contribution in [-0.4, -0.2) is 55.8 Å². The van der Waals surface area contributed by atoms with Crippen molar-refractivity contribution < 1.29 is 17.9 Å². The van der Waals surface area contributed by atoms with Crippen molar-refractivity contribution in [2.75, 3.05) is 26.2 Å². The Bertz CT molecular complexity index is 1010. The zero-order valence-corrected chi connectivity index (χ0v) is 18.2. The van der Waals surface area contributed by atoms with E-state index in [0.29, 0.717) is 24.4 Å². The molecule has 0 radical (unpaired) electrons. The lowest BCUT2D eigenvalue weighted by Crippen LogP contribution is -2.53. The standard InChI is InChI=1S/C20H20BrN3O4S/c1-15(28-18-6-2-16(14-22)3-7-18)20(25)23-10-12-24(13-11-23)29(26,27)19-8-4-17(21)5-9-19/h2-9,15H,10-13H2,1H3. The number of amides is 1. The van der Waals surface area contributed by atoms with Gasteiger partial charge in [-0.15, -0.1) is 0 Å². The Labute approximate surface area is 178 Å². The van der Waals surface area contributed by atoms with Crippen LogP contribution in [0.3, 0.4) is 0 Å². The van der Waals surface area contributed by atoms with Gasteiger partial charge in [0.05, 0.1) is 16.5 Å². The number of nitriles is 1. The zero-order chi connectivity index (χ0) is 21.0. The van der Waals surface area contributed by atoms with E-state index in [2.05, 4.69) is 15.9 Å². The Morgan fingerprint density at radius 3 is 2.21 bits per heavy atom. The normalized spacial score (nSPS) is 16.1. The molecular weight excluding hydrogens is 458 g/mol. The monoisotopic (exact) mass is 477 g/mol. The van der Waals surface area contributed by atoms with Crippen LogP contribution in [0.1, 0.15) is 12.5 Å². The second kappa shape index (κ2) is 8.95. The average Bonchev–Trinajstić information content (AvgIpc) is 2.74. The van der Waals surface area contributed by atoms with Gasteiger partial charge in [-0.2, -0.15) is 9.57 Å². The summed E-state index contributed by atoms with van der Waals surface area (Å²) in [4.78, 5) is 14.5. The Hall–Kier alpha value is -2.41. The van der Waals surface area contributed by atoms with E-state index in [0.717, 1.165) is 4.47 Å². The molecule has 0 spiro atoms. The molecule has 7 nitrogen and oxygen atoms in total. The number of sulfonamides is 1. The summed E-state index contributed by atoms with van der Waals surface area (Å²) in [6, 6.07) is 15.1. The summed E-state index contributed by atoms with van der Waals surface area (Å²) in [6.07, 6.45) is -0.711. The van der Waals surface area contributed by atoms with E-state index in [9.17, 15) is 13.2 Å². The first-order valence-corrected chi connectivity index (χ1v) is 11.3. The first-order chi connectivity index (χ1) is 13.8. The summed E-state index contributed by atoms with van der Waals surface area (Å²) in [5, 5.41) is 8.83. The first-order valence-electron chi connectivity index (χ1n) is 9.02. The maximum absolute atomic E-state index is 12.8. The highest BCUT2D eigenvalue weighted by atomic mass is 79.9. The minimum absolute atomic E-state index is 0.199. The van der Waals surface area contributed by atoms with Crippen LogP contribution in [0.25, 0.3) is 0 Å². The molecule has 3 rings (SSSR count). The minimum Gasteiger partial charge on any atom is -0.481 e. The predicted octanol–water partition coefficient (Wildman–Crippen LogP) is 2.62. The van der Waals surface area contributed by atoms with Crippen LogP contribution in [0.2, 0.25) is 0 Å². The molecule has 1 atom stereocenters. The fourth-order valence-electron chi connectivity index (χ4n) is 3.02. The second-order valence-electron chi connectivity index (χ2n) is 6.58. The summed E-state index contributed by atoms with van der Waals surface area (Å²) in [5.74, 6) is 0.302. The molecule has 1 heterocycles. The van der Waals surface area contributed by atoms with E-state index in [1.165, 1.54) is 4.31 Å². The minimum atomic E-state index is -3.59. The van der Waals surface area contributed by atoms with Crippen LogP contribution in [-0.2, 0) is 14.8 Å². The highest BCUT2D eigenvalue weighted by Gasteiger charge is 2.32. The molecule has 152 valence electrons. The number of rotatable bonds is 5. The average molecular weight is 478 g/mol. The van der Waals surface area contributed by atoms with Gasteiger partial charge in [-0.3, -0.25) is 4.79 Å². The summed E-state index contributed by atoms with van der Waals surface area (Å²) in [5.41, 5.74) is 0.513. The van der Waals surface area contributed by atoms with E-state index in [1.54, 1.807) is 60.4 Å². The first kappa shape index (κ1) is 21.3. The van der Waals surface area contributed by atoms with Crippen molar-refractivity contribution in [3.63, 3.8) is 0 Å². The number of halogens is 1. The summed E-state index contributed by atoms with van der Waals surface area (Å²) < 4.78 is 33.4. The largest absolute Gasteiger partial charge is 0.481 e. The van der Waals surface area contributed by atoms with Crippen LogP contribution in [0, 0.1) is 11.3 Å². The highest BCUT2D eigenvalue weighted by Crippen LogP contribution is 2.21. The van der Waals surface area contributed by atoms with E-state index in [-0.39, 0.29) is 23.9 Å². The molecule has 1 fully saturated rings. The van der Waals surface area contributed by atoms with E-state index >= 15 is 0 Å². The van der Waals surface area contributed by atoms with Crippen molar-refractivity contribution in [2.24, 2.45) is 0 Å². The van der Waals surface area contributed by atoms with Crippen molar-refractivity contribution >= 4 is 31.9 Å². The van der Waals surface area contributed by atoms with Gasteiger partial charge in [0.15, 0.2) is 6.10 Å². The third kappa shape index (κ3) is 4.96. The second-order valence-corrected chi connectivity index (χ2v) is 9.43. The molecule has 0 N–H and O–H groups in total. The summed E-state index contributed by atoms with van der Waals surface area (Å²) >= 11 is 3.30. The SMILES string of the molecule is CC(Oc1ccc(C#N)cc1)C(=O)N1CCN(S(=O)(=O)c2ccc(Br)cc2)CC1. The van der Waals surface area contributed by atoms with Crippen LogP contribution in [0.4, 0.5) is 0 Å². The lowest BCUT2D eigenvalue weighted by atomic mass is 10.2. The Morgan fingerprint density at radius 2 is 1.66 bits per heavy atom. The van der Waals surface area contributed by atoms with Crippen molar-refractivity contribution in [3.05, 3.63) is 58.6 Å². The molecule has 29 heavy (non-hydrogen) atoms. The zero-order valence-electron chi connectivity index (χ0n) is 15.8. The van der Waals surface area contributed by atoms with Crippen molar-refractivity contribution in [1.29, 1.82) is 5.26 Å². The van der Waals surface area contributed by atoms with Gasteiger partial charge in [0.25, 0.3) is 5.91 Å². The molecule has 9 heteroatoms. The van der Waals surface area contributed by atoms with Crippen LogP contribution in [0.5, 0.6) is 5.75 Å². The Morgan fingerprint density at radius 1 is 1.07 bits per heavy atom. The topological polar surface area (TPSA) is 90.7 Å². The van der Waals surface area contributed by atoms with Gasteiger partial charge in [-0.1, -0.05) is 15.9 Å². The van der Waals surface area contributed by atoms with Gasteiger partial charge in [0, 0.05) is 30.7 Å². The number of carbonyl (C=O) groups is 1. The lowest BCUT2D eigenvalue weighted by molar-refractivity contribution is -0.139. The predicted molar refractivity (Wildman–Crippen MR) is 111 cm³/mol. The summed E-state index contributed by atoms with van der Waals surface area (Å²) in [7, 11) is -3.59. The van der Waals surface area contributed by atoms with Gasteiger partial charge < -0.3 is 9.64 Å². The van der Waals surface area contributed by atoms with Crippen molar-refractivity contribution in [3.8, 4) is 11.8 Å². The smallest absolute Gasteiger partial charge is 0.263 e. The number of ether oxygens (including phenoxy) is 1. The lowest BCUT2D eigenvalue weighted by Gasteiger charge is -2.35. The van der Waals surface area contributed by atoms with Gasteiger partial charge in [0.2, 0.25) is 10.0 Å². The molecule has 0 aliphatic carbocycles. The fourth-order valence-corrected chi connectivity index (χ4v) is 4.71. The van der Waals surface area contributed by atoms with Crippen LogP contribution in [0.15, 0.2) is 57.9 Å². The molecule has 1 amide bonds. The molecule has 1 aliphatic rings. The molecule has 0 bridgehead atoms. The van der Waals surface area contributed by atoms with Crippen molar-refractivity contribution in [2.45, 2.75) is 17.9 Å². The molecule has 0 aromatic heterocycles. The Kier molecular flexibility index (Phi) is 6.57. The molecule has 1 unspecified atom stereocenters. The number of hydrogen-bond acceptors (Lipinski definition) is 5. The number of piperazine rings is 1. The number of carbonyl (C=O) groups excluding carboxylic acids is 1. The number of nitrogens with zero attached hydrogens (tertiary/aromatic N) is 3. The molecule has 2 aromatic rings. The quantitative estimate of drug-likeness (QED) is 0.659. The molecule has 1 saturated heterocycles. The molecule has 2 aromatic carbocycles.